The lowest BCUT2D eigenvalue weighted by atomic mass is 10.2. The van der Waals surface area contributed by atoms with Crippen LogP contribution in [-0.4, -0.2) is 23.5 Å². The van der Waals surface area contributed by atoms with E-state index in [1.54, 1.807) is 0 Å². The van der Waals surface area contributed by atoms with Crippen LogP contribution >= 0.6 is 11.3 Å². The van der Waals surface area contributed by atoms with Gasteiger partial charge in [-0.3, -0.25) is 4.90 Å². The molecule has 0 fully saturated rings. The van der Waals surface area contributed by atoms with E-state index in [0.29, 0.717) is 12.1 Å². The Balaban J connectivity index is 1.91. The van der Waals surface area contributed by atoms with Crippen molar-refractivity contribution in [3.8, 4) is 0 Å². The number of anilines is 1. The summed E-state index contributed by atoms with van der Waals surface area (Å²) in [4.78, 5) is 3.98. The number of rotatable bonds is 7. The molecule has 2 aromatic rings. The molecule has 20 heavy (non-hydrogen) atoms. The lowest BCUT2D eigenvalue weighted by molar-refractivity contribution is 0.163. The minimum Gasteiger partial charge on any atom is -0.383 e. The zero-order chi connectivity index (χ0) is 14.4. The molecular formula is C17H24N2S. The van der Waals surface area contributed by atoms with Crippen LogP contribution in [0, 0.1) is 0 Å². The summed E-state index contributed by atoms with van der Waals surface area (Å²) >= 11 is 1.84. The number of thiophene rings is 1. The Labute approximate surface area is 126 Å². The van der Waals surface area contributed by atoms with Gasteiger partial charge in [0, 0.05) is 35.7 Å². The normalized spacial score (nSPS) is 12.8. The Hall–Kier alpha value is -1.32. The third kappa shape index (κ3) is 4.36. The molecule has 0 saturated carbocycles. The molecular weight excluding hydrogens is 264 g/mol. The molecule has 2 nitrogen and oxygen atoms in total. The van der Waals surface area contributed by atoms with E-state index >= 15 is 0 Å². The molecule has 108 valence electrons. The van der Waals surface area contributed by atoms with Crippen LogP contribution < -0.4 is 5.32 Å². The first-order valence-electron chi connectivity index (χ1n) is 7.24. The van der Waals surface area contributed by atoms with Gasteiger partial charge < -0.3 is 5.32 Å². The van der Waals surface area contributed by atoms with E-state index in [1.165, 1.54) is 10.6 Å². The molecule has 1 aromatic heterocycles. The van der Waals surface area contributed by atoms with Gasteiger partial charge in [-0.25, -0.2) is 0 Å². The Morgan fingerprint density at radius 2 is 1.80 bits per heavy atom. The zero-order valence-electron chi connectivity index (χ0n) is 12.5. The first-order valence-corrected chi connectivity index (χ1v) is 8.12. The van der Waals surface area contributed by atoms with Crippen LogP contribution in [0.3, 0.4) is 0 Å². The molecule has 1 unspecified atom stereocenters. The average Bonchev–Trinajstić information content (AvgIpc) is 2.96. The van der Waals surface area contributed by atoms with Gasteiger partial charge in [0.1, 0.15) is 0 Å². The van der Waals surface area contributed by atoms with Crippen LogP contribution in [-0.2, 0) is 6.54 Å². The summed E-state index contributed by atoms with van der Waals surface area (Å²) in [6.07, 6.45) is 0. The van der Waals surface area contributed by atoms with Crippen molar-refractivity contribution in [1.29, 1.82) is 0 Å². The van der Waals surface area contributed by atoms with Gasteiger partial charge in [-0.1, -0.05) is 24.3 Å². The van der Waals surface area contributed by atoms with Gasteiger partial charge in [-0.2, -0.15) is 0 Å². The molecule has 0 saturated heterocycles. The maximum Gasteiger partial charge on any atom is 0.0340 e. The molecule has 1 aromatic carbocycles. The molecule has 0 aliphatic carbocycles. The van der Waals surface area contributed by atoms with Crippen LogP contribution in [0.1, 0.15) is 25.6 Å². The Kier molecular flexibility index (Phi) is 5.62. The van der Waals surface area contributed by atoms with E-state index in [2.05, 4.69) is 72.8 Å². The van der Waals surface area contributed by atoms with Gasteiger partial charge >= 0.3 is 0 Å². The van der Waals surface area contributed by atoms with Gasteiger partial charge in [0.2, 0.25) is 0 Å². The molecule has 3 heteroatoms. The Bertz CT molecular complexity index is 479. The predicted octanol–water partition coefficient (Wildman–Crippen LogP) is 4.46. The molecule has 0 aliphatic rings. The van der Waals surface area contributed by atoms with Crippen molar-refractivity contribution in [2.24, 2.45) is 0 Å². The molecule has 0 bridgehead atoms. The minimum absolute atomic E-state index is 0.498. The molecule has 1 N–H and O–H groups in total. The SMILES string of the molecule is CC(C)N(Cc1cccs1)C(C)CNc1ccccc1. The third-order valence-electron chi connectivity index (χ3n) is 3.52. The van der Waals surface area contributed by atoms with Crippen LogP contribution in [0.2, 0.25) is 0 Å². The van der Waals surface area contributed by atoms with Crippen molar-refractivity contribution in [1.82, 2.24) is 4.90 Å². The predicted molar refractivity (Wildman–Crippen MR) is 89.4 cm³/mol. The highest BCUT2D eigenvalue weighted by Gasteiger charge is 2.17. The van der Waals surface area contributed by atoms with E-state index < -0.39 is 0 Å². The maximum absolute atomic E-state index is 3.52. The number of nitrogens with one attached hydrogen (secondary N) is 1. The smallest absolute Gasteiger partial charge is 0.0340 e. The van der Waals surface area contributed by atoms with E-state index in [9.17, 15) is 0 Å². The molecule has 0 spiro atoms. The second kappa shape index (κ2) is 7.46. The van der Waals surface area contributed by atoms with Gasteiger partial charge in [0.25, 0.3) is 0 Å². The Morgan fingerprint density at radius 3 is 2.40 bits per heavy atom. The van der Waals surface area contributed by atoms with E-state index in [-0.39, 0.29) is 0 Å². The van der Waals surface area contributed by atoms with Crippen molar-refractivity contribution in [3.63, 3.8) is 0 Å². The van der Waals surface area contributed by atoms with Crippen LogP contribution in [0.5, 0.6) is 0 Å². The van der Waals surface area contributed by atoms with Crippen molar-refractivity contribution >= 4 is 17.0 Å². The lowest BCUT2D eigenvalue weighted by Gasteiger charge is -2.32. The summed E-state index contributed by atoms with van der Waals surface area (Å²) in [5.74, 6) is 0. The molecule has 0 amide bonds. The maximum atomic E-state index is 3.52. The van der Waals surface area contributed by atoms with Gasteiger partial charge in [0.05, 0.1) is 0 Å². The van der Waals surface area contributed by atoms with Crippen molar-refractivity contribution in [2.45, 2.75) is 39.4 Å². The summed E-state index contributed by atoms with van der Waals surface area (Å²) in [7, 11) is 0. The number of hydrogen-bond acceptors (Lipinski definition) is 3. The average molecular weight is 288 g/mol. The quantitative estimate of drug-likeness (QED) is 0.809. The van der Waals surface area contributed by atoms with E-state index in [4.69, 9.17) is 0 Å². The second-order valence-corrected chi connectivity index (χ2v) is 6.47. The van der Waals surface area contributed by atoms with Crippen LogP contribution in [0.15, 0.2) is 47.8 Å². The second-order valence-electron chi connectivity index (χ2n) is 5.44. The van der Waals surface area contributed by atoms with Crippen molar-refractivity contribution in [3.05, 3.63) is 52.7 Å². The summed E-state index contributed by atoms with van der Waals surface area (Å²) in [6, 6.07) is 15.8. The number of hydrogen-bond donors (Lipinski definition) is 1. The van der Waals surface area contributed by atoms with E-state index in [0.717, 1.165) is 13.1 Å². The first kappa shape index (κ1) is 15.1. The van der Waals surface area contributed by atoms with Crippen molar-refractivity contribution < 1.29 is 0 Å². The number of para-hydroxylation sites is 1. The Morgan fingerprint density at radius 1 is 1.05 bits per heavy atom. The van der Waals surface area contributed by atoms with Crippen LogP contribution in [0.4, 0.5) is 5.69 Å². The largest absolute Gasteiger partial charge is 0.383 e. The number of nitrogens with zero attached hydrogens (tertiary/aromatic N) is 1. The fraction of sp³-hybridized carbons (Fsp3) is 0.412. The highest BCUT2D eigenvalue weighted by molar-refractivity contribution is 7.09. The van der Waals surface area contributed by atoms with Crippen molar-refractivity contribution in [2.75, 3.05) is 11.9 Å². The van der Waals surface area contributed by atoms with Gasteiger partial charge in [-0.15, -0.1) is 11.3 Å². The third-order valence-corrected chi connectivity index (χ3v) is 4.38. The van der Waals surface area contributed by atoms with E-state index in [1.807, 2.05) is 17.4 Å². The zero-order valence-corrected chi connectivity index (χ0v) is 13.4. The summed E-state index contributed by atoms with van der Waals surface area (Å²) in [6.45, 7) is 8.84. The van der Waals surface area contributed by atoms with Gasteiger partial charge in [0.15, 0.2) is 0 Å². The topological polar surface area (TPSA) is 15.3 Å². The molecule has 1 atom stereocenters. The number of benzene rings is 1. The highest BCUT2D eigenvalue weighted by atomic mass is 32.1. The highest BCUT2D eigenvalue weighted by Crippen LogP contribution is 2.17. The first-order chi connectivity index (χ1) is 9.66. The monoisotopic (exact) mass is 288 g/mol. The summed E-state index contributed by atoms with van der Waals surface area (Å²) < 4.78 is 0. The lowest BCUT2D eigenvalue weighted by Crippen LogP contribution is -2.41. The standard InChI is InChI=1S/C17H24N2S/c1-14(2)19(13-17-10-7-11-20-17)15(3)12-18-16-8-5-4-6-9-16/h4-11,14-15,18H,12-13H2,1-3H3. The summed E-state index contributed by atoms with van der Waals surface area (Å²) in [5, 5.41) is 5.67. The summed E-state index contributed by atoms with van der Waals surface area (Å²) in [5.41, 5.74) is 1.19. The van der Waals surface area contributed by atoms with Crippen LogP contribution in [0.25, 0.3) is 0 Å². The fourth-order valence-electron chi connectivity index (χ4n) is 2.37. The molecule has 2 rings (SSSR count). The molecule has 1 heterocycles. The fourth-order valence-corrected chi connectivity index (χ4v) is 3.08. The van der Waals surface area contributed by atoms with Gasteiger partial charge in [-0.05, 0) is 44.4 Å². The molecule has 0 radical (unpaired) electrons. The molecule has 0 aliphatic heterocycles. The minimum atomic E-state index is 0.498.